The molecular weight excluding hydrogens is 713 g/mol. The number of amides is 2. The fraction of sp³-hybridized carbons (Fsp3) is 0.412. The number of nitrogens with two attached hydrogens (primary N) is 1. The van der Waals surface area contributed by atoms with Crippen molar-refractivity contribution >= 4 is 29.6 Å². The van der Waals surface area contributed by atoms with Gasteiger partial charge in [-0.2, -0.15) is 23.4 Å². The zero-order valence-electron chi connectivity index (χ0n) is 28.4. The quantitative estimate of drug-likeness (QED) is 0.0880. The van der Waals surface area contributed by atoms with Gasteiger partial charge in [-0.25, -0.2) is 23.2 Å². The van der Waals surface area contributed by atoms with E-state index in [9.17, 15) is 31.5 Å². The Bertz CT molecular complexity index is 1900. The number of ether oxygens (including phenoxy) is 1. The van der Waals surface area contributed by atoms with Crippen molar-refractivity contribution in [3.05, 3.63) is 83.2 Å². The molecule has 0 unspecified atom stereocenters. The first kappa shape index (κ1) is 38.2. The summed E-state index contributed by atoms with van der Waals surface area (Å²) in [7, 11) is 0. The second kappa shape index (κ2) is 15.7. The fourth-order valence-electron chi connectivity index (χ4n) is 5.14. The van der Waals surface area contributed by atoms with Crippen LogP contribution in [0, 0.1) is 5.41 Å². The number of nitrogens with one attached hydrogen (secondary N) is 1. The number of hydrogen-bond acceptors (Lipinski definition) is 7. The summed E-state index contributed by atoms with van der Waals surface area (Å²) in [5.41, 5.74) is 8.20. The van der Waals surface area contributed by atoms with Gasteiger partial charge in [-0.3, -0.25) is 19.4 Å². The van der Waals surface area contributed by atoms with E-state index in [1.54, 1.807) is 35.8 Å². The van der Waals surface area contributed by atoms with Gasteiger partial charge in [0.05, 0.1) is 29.0 Å². The van der Waals surface area contributed by atoms with E-state index < -0.39 is 49.6 Å². The first-order chi connectivity index (χ1) is 24.5. The summed E-state index contributed by atoms with van der Waals surface area (Å²) >= 11 is 6.41. The van der Waals surface area contributed by atoms with Crippen molar-refractivity contribution in [3.8, 4) is 16.8 Å². The molecule has 2 aromatic carbocycles. The van der Waals surface area contributed by atoms with E-state index in [0.29, 0.717) is 12.5 Å². The summed E-state index contributed by atoms with van der Waals surface area (Å²) in [5, 5.41) is 9.88. The molecule has 0 spiro atoms. The number of aromatic nitrogens is 5. The maximum Gasteiger partial charge on any atom is 0.407 e. The van der Waals surface area contributed by atoms with E-state index in [-0.39, 0.29) is 39.8 Å². The smallest absolute Gasteiger partial charge is 0.407 e. The number of rotatable bonds is 12. The van der Waals surface area contributed by atoms with Gasteiger partial charge in [-0.15, -0.1) is 0 Å². The molecule has 1 saturated carbocycles. The van der Waals surface area contributed by atoms with Crippen molar-refractivity contribution in [3.63, 3.8) is 0 Å². The minimum absolute atomic E-state index is 0.0240. The molecule has 2 amide bonds. The predicted molar refractivity (Wildman–Crippen MR) is 182 cm³/mol. The standard InChI is InChI=1S/C34H37ClF5N9O3/c1-33(2,3)12-13-42-31(41)48(30(50)21-6-4-20(5-7-21)23-15-45-47(16-23)24-9-10-24)27(17-52-32(51)43-18-34(38,39)40)22-8-11-25(35)26(14-22)49-29(28(36)37)44-19-46-49/h4-8,11,14-16,19,24,27-28H,9-10,12-13,17-18H2,1-3H3,(H2,41,42)(H,43,51)/t27-/m1/s1. The van der Waals surface area contributed by atoms with Crippen molar-refractivity contribution in [2.24, 2.45) is 16.1 Å². The van der Waals surface area contributed by atoms with Gasteiger partial charge in [-0.05, 0) is 60.1 Å². The molecular formula is C34H37ClF5N9O3. The van der Waals surface area contributed by atoms with E-state index in [2.05, 4.69) is 20.2 Å². The Morgan fingerprint density at radius 2 is 1.81 bits per heavy atom. The lowest BCUT2D eigenvalue weighted by Crippen LogP contribution is -2.47. The highest BCUT2D eigenvalue weighted by atomic mass is 35.5. The van der Waals surface area contributed by atoms with Crippen molar-refractivity contribution in [2.75, 3.05) is 19.7 Å². The Morgan fingerprint density at radius 1 is 1.10 bits per heavy atom. The van der Waals surface area contributed by atoms with Gasteiger partial charge >= 0.3 is 12.3 Å². The Balaban J connectivity index is 1.56. The Morgan fingerprint density at radius 3 is 2.44 bits per heavy atom. The monoisotopic (exact) mass is 749 g/mol. The molecule has 1 aliphatic rings. The fourth-order valence-corrected chi connectivity index (χ4v) is 5.34. The van der Waals surface area contributed by atoms with Crippen LogP contribution in [0.25, 0.3) is 16.8 Å². The molecule has 4 aromatic rings. The molecule has 1 fully saturated rings. The molecule has 52 heavy (non-hydrogen) atoms. The highest BCUT2D eigenvalue weighted by Crippen LogP contribution is 2.36. The molecule has 12 nitrogen and oxygen atoms in total. The van der Waals surface area contributed by atoms with Crippen molar-refractivity contribution < 1.29 is 36.3 Å². The Labute approximate surface area is 300 Å². The summed E-state index contributed by atoms with van der Waals surface area (Å²) in [6.45, 7) is 3.74. The molecule has 5 rings (SSSR count). The molecule has 2 aromatic heterocycles. The van der Waals surface area contributed by atoms with Crippen LogP contribution < -0.4 is 11.1 Å². The van der Waals surface area contributed by atoms with Crippen LogP contribution in [0.2, 0.25) is 5.02 Å². The molecule has 0 bridgehead atoms. The van der Waals surface area contributed by atoms with Crippen LogP contribution in [-0.4, -0.2) is 73.3 Å². The molecule has 0 saturated heterocycles. The van der Waals surface area contributed by atoms with Crippen LogP contribution >= 0.6 is 11.6 Å². The number of hydrogen-bond donors (Lipinski definition) is 2. The van der Waals surface area contributed by atoms with Gasteiger partial charge in [0.1, 0.15) is 19.5 Å². The maximum atomic E-state index is 14.4. The lowest BCUT2D eigenvalue weighted by atomic mass is 9.92. The van der Waals surface area contributed by atoms with Crippen LogP contribution in [0.15, 0.2) is 66.2 Å². The van der Waals surface area contributed by atoms with Gasteiger partial charge in [0.15, 0.2) is 11.8 Å². The average Bonchev–Trinajstić information content (AvgIpc) is 3.59. The topological polar surface area (TPSA) is 146 Å². The summed E-state index contributed by atoms with van der Waals surface area (Å²) < 4.78 is 74.1. The molecule has 1 atom stereocenters. The molecule has 0 radical (unpaired) electrons. The lowest BCUT2D eigenvalue weighted by molar-refractivity contribution is -0.123. The predicted octanol–water partition coefficient (Wildman–Crippen LogP) is 7.28. The molecule has 0 aliphatic heterocycles. The zero-order valence-corrected chi connectivity index (χ0v) is 29.2. The normalized spacial score (nSPS) is 14.4. The molecule has 1 aliphatic carbocycles. The van der Waals surface area contributed by atoms with Crippen LogP contribution in [0.4, 0.5) is 26.7 Å². The van der Waals surface area contributed by atoms with Gasteiger partial charge in [0.25, 0.3) is 12.3 Å². The highest BCUT2D eigenvalue weighted by molar-refractivity contribution is 6.32. The second-order valence-corrected chi connectivity index (χ2v) is 13.8. The number of nitrogens with zero attached hydrogens (tertiary/aromatic N) is 7. The lowest BCUT2D eigenvalue weighted by Gasteiger charge is -2.32. The summed E-state index contributed by atoms with van der Waals surface area (Å²) in [5.74, 6) is -1.72. The van der Waals surface area contributed by atoms with Gasteiger partial charge in [0, 0.05) is 23.9 Å². The Hall–Kier alpha value is -5.06. The van der Waals surface area contributed by atoms with Crippen LogP contribution in [-0.2, 0) is 4.74 Å². The molecule has 18 heteroatoms. The SMILES string of the molecule is CC(C)(C)CCN=C(N)N(C(=O)c1ccc(-c2cnn(C3CC3)c2)cc1)[C@H](COC(=O)NCC(F)(F)F)c1ccc(Cl)c(-n2ncnc2C(F)F)c1. The second-order valence-electron chi connectivity index (χ2n) is 13.4. The molecule has 2 heterocycles. The maximum absolute atomic E-state index is 14.4. The number of carbonyl (C=O) groups excluding carboxylic acids is 2. The van der Waals surface area contributed by atoms with E-state index in [0.717, 1.165) is 39.9 Å². The molecule has 3 N–H and O–H groups in total. The van der Waals surface area contributed by atoms with Crippen LogP contribution in [0.5, 0.6) is 0 Å². The number of benzene rings is 2. The summed E-state index contributed by atoms with van der Waals surface area (Å²) in [6.07, 6.45) is -1.96. The molecule has 278 valence electrons. The van der Waals surface area contributed by atoms with Gasteiger partial charge < -0.3 is 15.8 Å². The minimum Gasteiger partial charge on any atom is -0.447 e. The number of guanidine groups is 1. The average molecular weight is 750 g/mol. The van der Waals surface area contributed by atoms with E-state index >= 15 is 0 Å². The Kier molecular flexibility index (Phi) is 11.5. The number of aliphatic imine (C=N–C) groups is 1. The van der Waals surface area contributed by atoms with E-state index in [1.165, 1.54) is 18.2 Å². The third kappa shape index (κ3) is 9.83. The minimum atomic E-state index is -4.72. The summed E-state index contributed by atoms with van der Waals surface area (Å²) in [4.78, 5) is 36.0. The van der Waals surface area contributed by atoms with E-state index in [4.69, 9.17) is 22.1 Å². The third-order valence-electron chi connectivity index (χ3n) is 8.06. The van der Waals surface area contributed by atoms with Gasteiger partial charge in [-0.1, -0.05) is 50.6 Å². The zero-order chi connectivity index (χ0) is 37.8. The highest BCUT2D eigenvalue weighted by Gasteiger charge is 2.33. The first-order valence-corrected chi connectivity index (χ1v) is 16.6. The number of carbonyl (C=O) groups is 2. The summed E-state index contributed by atoms with van der Waals surface area (Å²) in [6, 6.07) is 9.67. The largest absolute Gasteiger partial charge is 0.447 e. The van der Waals surface area contributed by atoms with Crippen molar-refractivity contribution in [1.82, 2.24) is 34.8 Å². The van der Waals surface area contributed by atoms with Crippen molar-refractivity contribution in [1.29, 1.82) is 0 Å². The number of alkyl carbamates (subject to hydrolysis) is 1. The first-order valence-electron chi connectivity index (χ1n) is 16.2. The van der Waals surface area contributed by atoms with Gasteiger partial charge in [0.2, 0.25) is 0 Å². The number of alkyl halides is 5. The number of halogens is 6. The third-order valence-corrected chi connectivity index (χ3v) is 8.38. The van der Waals surface area contributed by atoms with Crippen molar-refractivity contribution in [2.45, 2.75) is 64.7 Å². The van der Waals surface area contributed by atoms with Crippen LogP contribution in [0.3, 0.4) is 0 Å². The van der Waals surface area contributed by atoms with E-state index in [1.807, 2.05) is 31.6 Å². The van der Waals surface area contributed by atoms with Crippen LogP contribution in [0.1, 0.15) is 80.3 Å².